The van der Waals surface area contributed by atoms with Crippen molar-refractivity contribution < 1.29 is 9.90 Å². The second kappa shape index (κ2) is 4.88. The van der Waals surface area contributed by atoms with Crippen LogP contribution in [-0.4, -0.2) is 32.6 Å². The molecule has 0 spiro atoms. The zero-order valence-electron chi connectivity index (χ0n) is 8.97. The number of aliphatic hydroxyl groups excluding tert-OH is 1. The third-order valence-corrected chi connectivity index (χ3v) is 2.32. The first kappa shape index (κ1) is 11.6. The molecule has 6 heteroatoms. The number of hydrogen-bond donors (Lipinski definition) is 2. The summed E-state index contributed by atoms with van der Waals surface area (Å²) in [5.41, 5.74) is 6.12. The van der Waals surface area contributed by atoms with Crippen molar-refractivity contribution in [3.8, 4) is 0 Å². The highest BCUT2D eigenvalue weighted by molar-refractivity contribution is 5.91. The van der Waals surface area contributed by atoms with Crippen LogP contribution >= 0.6 is 0 Å². The molecule has 0 aliphatic rings. The summed E-state index contributed by atoms with van der Waals surface area (Å²) in [6, 6.07) is 0.0190. The average Bonchev–Trinajstić information content (AvgIpc) is 2.61. The van der Waals surface area contributed by atoms with Gasteiger partial charge in [0.05, 0.1) is 11.7 Å². The summed E-state index contributed by atoms with van der Waals surface area (Å²) >= 11 is 0. The first-order chi connectivity index (χ1) is 7.11. The highest BCUT2D eigenvalue weighted by atomic mass is 16.3. The van der Waals surface area contributed by atoms with Gasteiger partial charge in [0.25, 0.3) is 5.91 Å². The van der Waals surface area contributed by atoms with Gasteiger partial charge in [-0.2, -0.15) is 0 Å². The van der Waals surface area contributed by atoms with Crippen LogP contribution in [-0.2, 0) is 6.42 Å². The molecule has 1 atom stereocenters. The summed E-state index contributed by atoms with van der Waals surface area (Å²) in [6.45, 7) is 3.90. The summed E-state index contributed by atoms with van der Waals surface area (Å²) in [6.07, 6.45) is 1.22. The van der Waals surface area contributed by atoms with Crippen LogP contribution < -0.4 is 5.73 Å². The quantitative estimate of drug-likeness (QED) is 0.711. The minimum atomic E-state index is -0.561. The van der Waals surface area contributed by atoms with E-state index < -0.39 is 5.91 Å². The Labute approximate surface area is 88.1 Å². The average molecular weight is 212 g/mol. The summed E-state index contributed by atoms with van der Waals surface area (Å²) < 4.78 is 1.65. The number of primary amides is 1. The lowest BCUT2D eigenvalue weighted by Gasteiger charge is -2.12. The molecule has 1 unspecified atom stereocenters. The molecular formula is C9H16N4O2. The molecule has 0 aromatic carbocycles. The fraction of sp³-hybridized carbons (Fsp3) is 0.667. The van der Waals surface area contributed by atoms with Crippen LogP contribution in [0, 0.1) is 0 Å². The Kier molecular flexibility index (Phi) is 3.79. The smallest absolute Gasteiger partial charge is 0.271 e. The number of aliphatic hydroxyl groups is 1. The Morgan fingerprint density at radius 1 is 1.67 bits per heavy atom. The topological polar surface area (TPSA) is 94.0 Å². The van der Waals surface area contributed by atoms with Gasteiger partial charge in [-0.25, -0.2) is 4.68 Å². The molecule has 84 valence electrons. The zero-order chi connectivity index (χ0) is 11.4. The minimum absolute atomic E-state index is 0.0190. The van der Waals surface area contributed by atoms with Gasteiger partial charge in [-0.3, -0.25) is 4.79 Å². The number of amides is 1. The molecule has 0 bridgehead atoms. The summed E-state index contributed by atoms with van der Waals surface area (Å²) in [5, 5.41) is 16.5. The molecule has 1 rings (SSSR count). The molecule has 1 heterocycles. The maximum Gasteiger partial charge on any atom is 0.271 e. The number of carbonyl (C=O) groups excluding carboxylic acids is 1. The molecule has 0 aliphatic heterocycles. The maximum absolute atomic E-state index is 11.0. The van der Waals surface area contributed by atoms with Crippen molar-refractivity contribution in [3.05, 3.63) is 11.4 Å². The van der Waals surface area contributed by atoms with E-state index in [1.165, 1.54) is 0 Å². The summed E-state index contributed by atoms with van der Waals surface area (Å²) in [4.78, 5) is 11.0. The molecule has 0 radical (unpaired) electrons. The van der Waals surface area contributed by atoms with Crippen molar-refractivity contribution in [2.24, 2.45) is 5.73 Å². The predicted molar refractivity (Wildman–Crippen MR) is 54.3 cm³/mol. The molecule has 15 heavy (non-hydrogen) atoms. The molecule has 0 fully saturated rings. The SMILES string of the molecule is CCc1c(C(N)=O)nnn1C(C)CCO. The van der Waals surface area contributed by atoms with E-state index in [2.05, 4.69) is 10.3 Å². The van der Waals surface area contributed by atoms with Gasteiger partial charge < -0.3 is 10.8 Å². The first-order valence-electron chi connectivity index (χ1n) is 4.96. The number of aromatic nitrogens is 3. The predicted octanol–water partition coefficient (Wildman–Crippen LogP) is -0.117. The van der Waals surface area contributed by atoms with Gasteiger partial charge in [0, 0.05) is 6.61 Å². The van der Waals surface area contributed by atoms with Crippen LogP contribution in [0.15, 0.2) is 0 Å². The molecule has 0 aliphatic carbocycles. The monoisotopic (exact) mass is 212 g/mol. The second-order valence-electron chi connectivity index (χ2n) is 3.41. The van der Waals surface area contributed by atoms with Gasteiger partial charge in [0.1, 0.15) is 0 Å². The van der Waals surface area contributed by atoms with E-state index in [-0.39, 0.29) is 18.3 Å². The number of rotatable bonds is 5. The van der Waals surface area contributed by atoms with Crippen molar-refractivity contribution in [1.82, 2.24) is 15.0 Å². The third-order valence-electron chi connectivity index (χ3n) is 2.32. The Morgan fingerprint density at radius 2 is 2.33 bits per heavy atom. The highest BCUT2D eigenvalue weighted by Gasteiger charge is 2.18. The molecular weight excluding hydrogens is 196 g/mol. The Hall–Kier alpha value is -1.43. The van der Waals surface area contributed by atoms with Crippen LogP contribution in [0.3, 0.4) is 0 Å². The van der Waals surface area contributed by atoms with E-state index >= 15 is 0 Å². The number of carbonyl (C=O) groups is 1. The highest BCUT2D eigenvalue weighted by Crippen LogP contribution is 2.14. The van der Waals surface area contributed by atoms with E-state index in [0.717, 1.165) is 5.69 Å². The van der Waals surface area contributed by atoms with Crippen LogP contribution in [0.25, 0.3) is 0 Å². The zero-order valence-corrected chi connectivity index (χ0v) is 8.97. The Balaban J connectivity index is 3.03. The van der Waals surface area contributed by atoms with Crippen LogP contribution in [0.4, 0.5) is 0 Å². The van der Waals surface area contributed by atoms with Gasteiger partial charge in [-0.15, -0.1) is 5.10 Å². The normalized spacial score (nSPS) is 12.7. The van der Waals surface area contributed by atoms with Gasteiger partial charge >= 0.3 is 0 Å². The summed E-state index contributed by atoms with van der Waals surface area (Å²) in [5.74, 6) is -0.561. The van der Waals surface area contributed by atoms with Gasteiger partial charge in [0.15, 0.2) is 5.69 Å². The molecule has 1 aromatic rings. The van der Waals surface area contributed by atoms with Crippen molar-refractivity contribution in [1.29, 1.82) is 0 Å². The van der Waals surface area contributed by atoms with Crippen molar-refractivity contribution in [2.75, 3.05) is 6.61 Å². The van der Waals surface area contributed by atoms with Crippen LogP contribution in [0.2, 0.25) is 0 Å². The largest absolute Gasteiger partial charge is 0.396 e. The molecule has 0 saturated carbocycles. The maximum atomic E-state index is 11.0. The Morgan fingerprint density at radius 3 is 2.80 bits per heavy atom. The van der Waals surface area contributed by atoms with Gasteiger partial charge in [-0.1, -0.05) is 12.1 Å². The van der Waals surface area contributed by atoms with Gasteiger partial charge in [-0.05, 0) is 19.8 Å². The fourth-order valence-corrected chi connectivity index (χ4v) is 1.50. The van der Waals surface area contributed by atoms with E-state index in [1.807, 2.05) is 13.8 Å². The first-order valence-corrected chi connectivity index (χ1v) is 4.96. The molecule has 0 saturated heterocycles. The van der Waals surface area contributed by atoms with Crippen LogP contribution in [0.1, 0.15) is 42.5 Å². The van der Waals surface area contributed by atoms with E-state index in [4.69, 9.17) is 10.8 Å². The number of hydrogen-bond acceptors (Lipinski definition) is 4. The Bertz CT molecular complexity index is 348. The van der Waals surface area contributed by atoms with Crippen LogP contribution in [0.5, 0.6) is 0 Å². The lowest BCUT2D eigenvalue weighted by molar-refractivity contribution is 0.0994. The van der Waals surface area contributed by atoms with E-state index in [1.54, 1.807) is 4.68 Å². The van der Waals surface area contributed by atoms with Crippen molar-refractivity contribution in [3.63, 3.8) is 0 Å². The lowest BCUT2D eigenvalue weighted by Crippen LogP contribution is -2.16. The molecule has 1 aromatic heterocycles. The fourth-order valence-electron chi connectivity index (χ4n) is 1.50. The third kappa shape index (κ3) is 2.33. The molecule has 6 nitrogen and oxygen atoms in total. The van der Waals surface area contributed by atoms with E-state index in [0.29, 0.717) is 12.8 Å². The van der Waals surface area contributed by atoms with Gasteiger partial charge in [0.2, 0.25) is 0 Å². The van der Waals surface area contributed by atoms with Crippen molar-refractivity contribution >= 4 is 5.91 Å². The standard InChI is InChI=1S/C9H16N4O2/c1-3-7-8(9(10)15)11-12-13(7)6(2)4-5-14/h6,14H,3-5H2,1-2H3,(H2,10,15). The summed E-state index contributed by atoms with van der Waals surface area (Å²) in [7, 11) is 0. The number of nitrogens with zero attached hydrogens (tertiary/aromatic N) is 3. The van der Waals surface area contributed by atoms with E-state index in [9.17, 15) is 4.79 Å². The molecule has 1 amide bonds. The van der Waals surface area contributed by atoms with Crippen molar-refractivity contribution in [2.45, 2.75) is 32.7 Å². The second-order valence-corrected chi connectivity index (χ2v) is 3.41. The number of nitrogens with two attached hydrogens (primary N) is 1. The minimum Gasteiger partial charge on any atom is -0.396 e. The molecule has 3 N–H and O–H groups in total. The lowest BCUT2D eigenvalue weighted by atomic mass is 10.2.